The van der Waals surface area contributed by atoms with Crippen LogP contribution in [0.25, 0.3) is 0 Å². The van der Waals surface area contributed by atoms with Crippen LogP contribution in [0.2, 0.25) is 0 Å². The van der Waals surface area contributed by atoms with Gasteiger partial charge in [0.15, 0.2) is 0 Å². The van der Waals surface area contributed by atoms with E-state index in [-0.39, 0.29) is 12.3 Å². The third-order valence-corrected chi connectivity index (χ3v) is 2.81. The number of hydrogen-bond donors (Lipinski definition) is 2. The van der Waals surface area contributed by atoms with Gasteiger partial charge >= 0.3 is 5.97 Å². The number of hydrogen-bond acceptors (Lipinski definition) is 4. The molecule has 5 nitrogen and oxygen atoms in total. The van der Waals surface area contributed by atoms with E-state index in [2.05, 4.69) is 0 Å². The lowest BCUT2D eigenvalue weighted by Crippen LogP contribution is -2.32. The van der Waals surface area contributed by atoms with E-state index in [4.69, 9.17) is 21.1 Å². The highest BCUT2D eigenvalue weighted by atomic mass is 16.5. The molecule has 1 aromatic rings. The van der Waals surface area contributed by atoms with Crippen LogP contribution in [0.3, 0.4) is 0 Å². The third kappa shape index (κ3) is 1.97. The van der Waals surface area contributed by atoms with Crippen molar-refractivity contribution in [1.82, 2.24) is 0 Å². The van der Waals surface area contributed by atoms with Crippen LogP contribution < -0.4 is 10.5 Å². The number of benzene rings is 1. The molecule has 0 bridgehead atoms. The van der Waals surface area contributed by atoms with Gasteiger partial charge in [-0.3, -0.25) is 10.2 Å². The molecular weight excluding hydrogens is 218 g/mol. The average molecular weight is 229 g/mol. The van der Waals surface area contributed by atoms with E-state index < -0.39 is 17.8 Å². The molecule has 17 heavy (non-hydrogen) atoms. The smallest absolute Gasteiger partial charge is 0.311 e. The number of fused-ring (bicyclic) bond motifs is 1. The Kier molecular flexibility index (Phi) is 2.79. The number of nitriles is 1. The number of ether oxygens (including phenoxy) is 1. The zero-order valence-electron chi connectivity index (χ0n) is 9.01. The Morgan fingerprint density at radius 3 is 2.94 bits per heavy atom. The molecule has 2 unspecified atom stereocenters. The van der Waals surface area contributed by atoms with Gasteiger partial charge in [0.25, 0.3) is 0 Å². The molecule has 2 atom stereocenters. The summed E-state index contributed by atoms with van der Waals surface area (Å²) < 4.78 is 5.08. The van der Waals surface area contributed by atoms with Crippen molar-refractivity contribution in [2.45, 2.75) is 12.3 Å². The van der Waals surface area contributed by atoms with Crippen molar-refractivity contribution in [3.63, 3.8) is 0 Å². The van der Waals surface area contributed by atoms with Gasteiger partial charge in [-0.05, 0) is 6.07 Å². The predicted molar refractivity (Wildman–Crippen MR) is 60.5 cm³/mol. The maximum absolute atomic E-state index is 11.4. The van der Waals surface area contributed by atoms with Crippen molar-refractivity contribution in [3.05, 3.63) is 29.8 Å². The SMILES string of the molecule is N#CC(C(=N)N)C1CC(=O)Oc2ccccc21. The van der Waals surface area contributed by atoms with Gasteiger partial charge in [0.2, 0.25) is 0 Å². The molecule has 0 amide bonds. The molecular formula is C12H11N3O2. The highest BCUT2D eigenvalue weighted by Crippen LogP contribution is 2.38. The Bertz CT molecular complexity index is 519. The van der Waals surface area contributed by atoms with Gasteiger partial charge in [-0.1, -0.05) is 18.2 Å². The van der Waals surface area contributed by atoms with E-state index in [0.29, 0.717) is 5.75 Å². The van der Waals surface area contributed by atoms with Crippen LogP contribution in [-0.2, 0) is 4.79 Å². The molecule has 0 saturated heterocycles. The number of para-hydroxylation sites is 1. The summed E-state index contributed by atoms with van der Waals surface area (Å²) in [6, 6.07) is 9.00. The maximum Gasteiger partial charge on any atom is 0.311 e. The predicted octanol–water partition coefficient (Wildman–Crippen LogP) is 1.16. The third-order valence-electron chi connectivity index (χ3n) is 2.81. The second kappa shape index (κ2) is 4.26. The summed E-state index contributed by atoms with van der Waals surface area (Å²) in [5.74, 6) is -1.34. The molecule has 0 saturated carbocycles. The highest BCUT2D eigenvalue weighted by Gasteiger charge is 2.34. The van der Waals surface area contributed by atoms with E-state index in [1.165, 1.54) is 0 Å². The van der Waals surface area contributed by atoms with Crippen LogP contribution in [0.4, 0.5) is 0 Å². The van der Waals surface area contributed by atoms with Crippen LogP contribution >= 0.6 is 0 Å². The number of carbonyl (C=O) groups is 1. The molecule has 2 rings (SSSR count). The number of nitrogens with one attached hydrogen (secondary N) is 1. The van der Waals surface area contributed by atoms with Gasteiger partial charge in [0.05, 0.1) is 12.5 Å². The Morgan fingerprint density at radius 1 is 1.59 bits per heavy atom. The minimum absolute atomic E-state index is 0.0782. The molecule has 0 spiro atoms. The largest absolute Gasteiger partial charge is 0.426 e. The first-order chi connectivity index (χ1) is 8.13. The fourth-order valence-electron chi connectivity index (χ4n) is 2.01. The molecule has 3 N–H and O–H groups in total. The van der Waals surface area contributed by atoms with Crippen molar-refractivity contribution in [2.75, 3.05) is 0 Å². The summed E-state index contributed by atoms with van der Waals surface area (Å²) in [5.41, 5.74) is 6.15. The fraction of sp³-hybridized carbons (Fsp3) is 0.250. The molecule has 5 heteroatoms. The van der Waals surface area contributed by atoms with Crippen molar-refractivity contribution in [3.8, 4) is 11.8 Å². The van der Waals surface area contributed by atoms with Gasteiger partial charge in [-0.2, -0.15) is 5.26 Å². The standard InChI is InChI=1S/C12H11N3O2/c13-6-9(12(14)15)8-5-11(16)17-10-4-2-1-3-7(8)10/h1-4,8-9H,5H2,(H3,14,15). The molecule has 86 valence electrons. The van der Waals surface area contributed by atoms with Crippen LogP contribution in [0, 0.1) is 22.7 Å². The van der Waals surface area contributed by atoms with Gasteiger partial charge in [-0.25, -0.2) is 0 Å². The average Bonchev–Trinajstić information content (AvgIpc) is 2.29. The topological polar surface area (TPSA) is 100.0 Å². The Morgan fingerprint density at radius 2 is 2.29 bits per heavy atom. The van der Waals surface area contributed by atoms with E-state index in [1.807, 2.05) is 6.07 Å². The van der Waals surface area contributed by atoms with Gasteiger partial charge < -0.3 is 10.5 Å². The maximum atomic E-state index is 11.4. The number of nitrogens with two attached hydrogens (primary N) is 1. The second-order valence-corrected chi connectivity index (χ2v) is 3.88. The molecule has 0 radical (unpaired) electrons. The zero-order chi connectivity index (χ0) is 12.4. The fourth-order valence-corrected chi connectivity index (χ4v) is 2.01. The molecule has 1 aliphatic heterocycles. The lowest BCUT2D eigenvalue weighted by Gasteiger charge is -2.26. The van der Waals surface area contributed by atoms with Crippen LogP contribution in [0.15, 0.2) is 24.3 Å². The van der Waals surface area contributed by atoms with Crippen LogP contribution in [0.1, 0.15) is 17.9 Å². The Hall–Kier alpha value is -2.35. The summed E-state index contributed by atoms with van der Waals surface area (Å²) in [5, 5.41) is 16.4. The van der Waals surface area contributed by atoms with Gasteiger partial charge in [-0.15, -0.1) is 0 Å². The van der Waals surface area contributed by atoms with Crippen LogP contribution in [-0.4, -0.2) is 11.8 Å². The molecule has 0 aromatic heterocycles. The normalized spacial score (nSPS) is 19.7. The van der Waals surface area contributed by atoms with Gasteiger partial charge in [0.1, 0.15) is 17.5 Å². The molecule has 0 aliphatic carbocycles. The lowest BCUT2D eigenvalue weighted by molar-refractivity contribution is -0.136. The summed E-state index contributed by atoms with van der Waals surface area (Å²) in [6.07, 6.45) is 0.0782. The van der Waals surface area contributed by atoms with Gasteiger partial charge in [0, 0.05) is 11.5 Å². The van der Waals surface area contributed by atoms with E-state index in [1.54, 1.807) is 24.3 Å². The minimum Gasteiger partial charge on any atom is -0.426 e. The summed E-state index contributed by atoms with van der Waals surface area (Å²) in [6.45, 7) is 0. The van der Waals surface area contributed by atoms with E-state index in [9.17, 15) is 4.79 Å². The number of carbonyl (C=O) groups excluding carboxylic acids is 1. The Balaban J connectivity index is 2.46. The molecule has 0 fully saturated rings. The number of rotatable bonds is 2. The first kappa shape index (κ1) is 11.1. The Labute approximate surface area is 98.3 Å². The number of nitrogens with zero attached hydrogens (tertiary/aromatic N) is 1. The first-order valence-electron chi connectivity index (χ1n) is 5.16. The molecule has 1 heterocycles. The van der Waals surface area contributed by atoms with Crippen molar-refractivity contribution in [2.24, 2.45) is 11.7 Å². The molecule has 1 aromatic carbocycles. The van der Waals surface area contributed by atoms with E-state index >= 15 is 0 Å². The van der Waals surface area contributed by atoms with Crippen molar-refractivity contribution in [1.29, 1.82) is 10.7 Å². The van der Waals surface area contributed by atoms with Crippen molar-refractivity contribution < 1.29 is 9.53 Å². The highest BCUT2D eigenvalue weighted by molar-refractivity contribution is 5.85. The number of esters is 1. The monoisotopic (exact) mass is 229 g/mol. The molecule has 1 aliphatic rings. The summed E-state index contributed by atoms with van der Waals surface area (Å²) in [7, 11) is 0. The van der Waals surface area contributed by atoms with Crippen molar-refractivity contribution >= 4 is 11.8 Å². The zero-order valence-corrected chi connectivity index (χ0v) is 9.01. The van der Waals surface area contributed by atoms with E-state index in [0.717, 1.165) is 5.56 Å². The van der Waals surface area contributed by atoms with Crippen LogP contribution in [0.5, 0.6) is 5.75 Å². The second-order valence-electron chi connectivity index (χ2n) is 3.88. The quantitative estimate of drug-likeness (QED) is 0.344. The first-order valence-corrected chi connectivity index (χ1v) is 5.16. The number of amidine groups is 1. The lowest BCUT2D eigenvalue weighted by atomic mass is 9.82. The summed E-state index contributed by atoms with van der Waals surface area (Å²) >= 11 is 0. The summed E-state index contributed by atoms with van der Waals surface area (Å²) in [4.78, 5) is 11.4. The minimum atomic E-state index is -0.788.